The average molecular weight is 715 g/mol. The summed E-state index contributed by atoms with van der Waals surface area (Å²) in [7, 11) is 5.83. The number of hydrogen-bond donors (Lipinski definition) is 2. The molecule has 0 bridgehead atoms. The van der Waals surface area contributed by atoms with Crippen LogP contribution in [-0.4, -0.2) is 77.3 Å². The Morgan fingerprint density at radius 1 is 0.635 bits per heavy atom. The molecule has 0 saturated carbocycles. The van der Waals surface area contributed by atoms with Crippen LogP contribution in [0.5, 0.6) is 23.0 Å². The molecule has 0 amide bonds. The fourth-order valence-electron chi connectivity index (χ4n) is 5.15. The summed E-state index contributed by atoms with van der Waals surface area (Å²) < 4.78 is 32.2. The number of ether oxygens (including phenoxy) is 6. The fourth-order valence-corrected chi connectivity index (χ4v) is 5.15. The van der Waals surface area contributed by atoms with Crippen molar-refractivity contribution in [2.24, 2.45) is 0 Å². The highest BCUT2D eigenvalue weighted by Gasteiger charge is 2.21. The molecule has 0 aliphatic carbocycles. The lowest BCUT2D eigenvalue weighted by Crippen LogP contribution is -2.25. The van der Waals surface area contributed by atoms with Gasteiger partial charge in [0.25, 0.3) is 0 Å². The van der Waals surface area contributed by atoms with Gasteiger partial charge >= 0.3 is 11.9 Å². The number of aliphatic hydroxyl groups excluding tert-OH is 2. The molecule has 52 heavy (non-hydrogen) atoms. The lowest BCUT2D eigenvalue weighted by Gasteiger charge is -2.26. The summed E-state index contributed by atoms with van der Waals surface area (Å²) in [5, 5.41) is 39.8. The molecule has 0 aromatic heterocycles. The first-order valence-corrected chi connectivity index (χ1v) is 16.0. The molecule has 2 N–H and O–H groups in total. The highest BCUT2D eigenvalue weighted by Crippen LogP contribution is 2.39. The second kappa shape index (κ2) is 19.8. The van der Waals surface area contributed by atoms with Gasteiger partial charge in [-0.3, -0.25) is 0 Å². The number of aliphatic hydroxyl groups is 2. The number of esters is 2. The number of carbonyl (C=O) groups excluding carboxylic acids is 2. The third-order valence-corrected chi connectivity index (χ3v) is 7.69. The van der Waals surface area contributed by atoms with Crippen molar-refractivity contribution in [2.75, 3.05) is 64.9 Å². The van der Waals surface area contributed by atoms with Crippen molar-refractivity contribution in [3.63, 3.8) is 0 Å². The largest absolute Gasteiger partial charge is 0.496 e. The normalized spacial score (nSPS) is 11.1. The number of carbonyl (C=O) groups is 2. The second-order valence-electron chi connectivity index (χ2n) is 10.8. The molecule has 3 aromatic rings. The lowest BCUT2D eigenvalue weighted by molar-refractivity contribution is -0.138. The Balaban J connectivity index is 1.89. The van der Waals surface area contributed by atoms with Crippen LogP contribution in [0.25, 0.3) is 12.2 Å². The van der Waals surface area contributed by atoms with Crippen LogP contribution >= 0.6 is 0 Å². The van der Waals surface area contributed by atoms with Crippen LogP contribution in [0.4, 0.5) is 11.4 Å². The summed E-state index contributed by atoms with van der Waals surface area (Å²) in [5.41, 5.74) is 3.11. The number of nitriles is 2. The molecule has 0 unspecified atom stereocenters. The minimum atomic E-state index is -0.759. The fraction of sp³-hybridized carbons (Fsp3) is 0.316. The Bertz CT molecular complexity index is 1720. The van der Waals surface area contributed by atoms with E-state index in [9.17, 15) is 30.3 Å². The Morgan fingerprint density at radius 2 is 0.981 bits per heavy atom. The molecule has 14 heteroatoms. The summed E-state index contributed by atoms with van der Waals surface area (Å²) in [6.45, 7) is 3.33. The van der Waals surface area contributed by atoms with E-state index in [0.717, 1.165) is 11.1 Å². The van der Waals surface area contributed by atoms with Crippen molar-refractivity contribution in [2.45, 2.75) is 26.9 Å². The summed E-state index contributed by atoms with van der Waals surface area (Å²) in [5.74, 6) is -0.103. The molecule has 14 nitrogen and oxygen atoms in total. The van der Waals surface area contributed by atoms with Crippen LogP contribution in [0, 0.1) is 22.7 Å². The molecule has 0 aliphatic rings. The van der Waals surface area contributed by atoms with E-state index in [4.69, 9.17) is 28.4 Å². The number of rotatable bonds is 18. The first-order chi connectivity index (χ1) is 25.1. The van der Waals surface area contributed by atoms with Crippen LogP contribution in [0.2, 0.25) is 0 Å². The van der Waals surface area contributed by atoms with Crippen molar-refractivity contribution in [3.8, 4) is 35.1 Å². The highest BCUT2D eigenvalue weighted by molar-refractivity contribution is 5.99. The maximum Gasteiger partial charge on any atom is 0.348 e. The summed E-state index contributed by atoms with van der Waals surface area (Å²) in [4.78, 5) is 27.7. The van der Waals surface area contributed by atoms with Crippen molar-refractivity contribution in [1.82, 2.24) is 0 Å². The smallest absolute Gasteiger partial charge is 0.348 e. The number of nitrogens with zero attached hydrogens (tertiary/aromatic N) is 4. The van der Waals surface area contributed by atoms with Gasteiger partial charge in [-0.25, -0.2) is 9.59 Å². The van der Waals surface area contributed by atoms with Gasteiger partial charge in [0.1, 0.15) is 59.7 Å². The standard InChI is InChI=1S/C38H42N4O10/c1-7-51-37(45)29(19-39)13-27-15-35(49-5)31(17-33(27)47-3)41(23-43)21-25-9-11-26(12-10-25)22-42(24-44)32-18-34(48-4)28(16-36(32)50-6)14-30(20-40)38(46)52-8-2/h9-18,43-44H,7-8,21-24H2,1-6H3. The lowest BCUT2D eigenvalue weighted by atomic mass is 10.1. The third kappa shape index (κ3) is 9.94. The minimum Gasteiger partial charge on any atom is -0.496 e. The van der Waals surface area contributed by atoms with Crippen LogP contribution in [-0.2, 0) is 32.2 Å². The molecule has 0 heterocycles. The van der Waals surface area contributed by atoms with E-state index < -0.39 is 11.9 Å². The topological polar surface area (TPSA) is 184 Å². The Labute approximate surface area is 302 Å². The Hall–Kier alpha value is -6.22. The van der Waals surface area contributed by atoms with Gasteiger partial charge in [-0.1, -0.05) is 24.3 Å². The molecule has 0 atom stereocenters. The molecular weight excluding hydrogens is 672 g/mol. The number of benzene rings is 3. The van der Waals surface area contributed by atoms with E-state index in [-0.39, 0.29) is 50.9 Å². The molecule has 0 spiro atoms. The van der Waals surface area contributed by atoms with E-state index in [2.05, 4.69) is 0 Å². The van der Waals surface area contributed by atoms with Gasteiger partial charge in [0.2, 0.25) is 0 Å². The molecule has 0 radical (unpaired) electrons. The molecule has 3 rings (SSSR count). The maximum atomic E-state index is 12.2. The third-order valence-electron chi connectivity index (χ3n) is 7.69. The molecule has 0 fully saturated rings. The summed E-state index contributed by atoms with van der Waals surface area (Å²) in [6, 6.07) is 17.7. The van der Waals surface area contributed by atoms with Gasteiger partial charge in [0.05, 0.1) is 53.0 Å². The van der Waals surface area contributed by atoms with Gasteiger partial charge in [0, 0.05) is 36.3 Å². The molecule has 3 aromatic carbocycles. The van der Waals surface area contributed by atoms with Crippen LogP contribution in [0.3, 0.4) is 0 Å². The zero-order chi connectivity index (χ0) is 38.2. The van der Waals surface area contributed by atoms with Gasteiger partial charge in [-0.2, -0.15) is 10.5 Å². The van der Waals surface area contributed by atoms with Crippen LogP contribution < -0.4 is 28.7 Å². The van der Waals surface area contributed by atoms with E-state index in [1.54, 1.807) is 47.9 Å². The van der Waals surface area contributed by atoms with Crippen molar-refractivity contribution in [3.05, 3.63) is 81.9 Å². The number of methoxy groups -OCH3 is 4. The van der Waals surface area contributed by atoms with Crippen molar-refractivity contribution in [1.29, 1.82) is 10.5 Å². The van der Waals surface area contributed by atoms with Crippen LogP contribution in [0.15, 0.2) is 59.7 Å². The van der Waals surface area contributed by atoms with E-state index in [0.29, 0.717) is 45.5 Å². The predicted molar refractivity (Wildman–Crippen MR) is 193 cm³/mol. The second-order valence-corrected chi connectivity index (χ2v) is 10.8. The predicted octanol–water partition coefficient (Wildman–Crippen LogP) is 4.57. The quantitative estimate of drug-likeness (QED) is 0.0808. The van der Waals surface area contributed by atoms with Gasteiger partial charge in [-0.15, -0.1) is 0 Å². The minimum absolute atomic E-state index is 0.117. The summed E-state index contributed by atoms with van der Waals surface area (Å²) >= 11 is 0. The van der Waals surface area contributed by atoms with E-state index >= 15 is 0 Å². The molecular formula is C38H42N4O10. The first-order valence-electron chi connectivity index (χ1n) is 16.0. The zero-order valence-electron chi connectivity index (χ0n) is 30.0. The van der Waals surface area contributed by atoms with Gasteiger partial charge in [0.15, 0.2) is 0 Å². The SMILES string of the molecule is CCOC(=O)C(C#N)=Cc1cc(OC)c(N(CO)Cc2ccc(CN(CO)c3cc(OC)c(C=C(C#N)C(=O)OCC)cc3OC)cc2)cc1OC. The highest BCUT2D eigenvalue weighted by atomic mass is 16.5. The number of hydrogen-bond acceptors (Lipinski definition) is 14. The Morgan fingerprint density at radius 3 is 1.25 bits per heavy atom. The maximum absolute atomic E-state index is 12.2. The zero-order valence-corrected chi connectivity index (χ0v) is 30.0. The monoisotopic (exact) mass is 714 g/mol. The van der Waals surface area contributed by atoms with Gasteiger partial charge in [-0.05, 0) is 49.3 Å². The average Bonchev–Trinajstić information content (AvgIpc) is 3.17. The molecule has 0 aliphatic heterocycles. The van der Waals surface area contributed by atoms with Crippen molar-refractivity contribution < 1.29 is 48.2 Å². The molecule has 0 saturated heterocycles. The Kier molecular flexibility index (Phi) is 15.3. The number of anilines is 2. The van der Waals surface area contributed by atoms with Gasteiger partial charge < -0.3 is 48.4 Å². The van der Waals surface area contributed by atoms with E-state index in [1.165, 1.54) is 40.6 Å². The van der Waals surface area contributed by atoms with Crippen molar-refractivity contribution >= 4 is 35.5 Å². The molecule has 274 valence electrons. The summed E-state index contributed by atoms with van der Waals surface area (Å²) in [6.07, 6.45) is 2.71. The van der Waals surface area contributed by atoms with Crippen LogP contribution in [0.1, 0.15) is 36.1 Å². The first kappa shape index (κ1) is 40.2. The van der Waals surface area contributed by atoms with E-state index in [1.807, 2.05) is 36.4 Å².